The standard InChI is InChI=1S/C18H23NO/c1-12(2)9-14-10-16(14)17(20)13-5-7-15(8-6-13)18(3,4)11-19/h5-8,12,14,16H,9-10H2,1-4H3. The number of nitriles is 1. The molecule has 0 amide bonds. The van der Waals surface area contributed by atoms with Crippen LogP contribution in [0.25, 0.3) is 0 Å². The molecule has 1 aliphatic rings. The van der Waals surface area contributed by atoms with Gasteiger partial charge in [-0.3, -0.25) is 4.79 Å². The van der Waals surface area contributed by atoms with Gasteiger partial charge in [0.15, 0.2) is 5.78 Å². The molecule has 0 heterocycles. The van der Waals surface area contributed by atoms with E-state index in [1.165, 1.54) is 0 Å². The third-order valence-electron chi connectivity index (χ3n) is 4.20. The van der Waals surface area contributed by atoms with E-state index in [0.717, 1.165) is 24.0 Å². The summed E-state index contributed by atoms with van der Waals surface area (Å²) in [5.74, 6) is 1.75. The molecule has 1 aromatic carbocycles. The van der Waals surface area contributed by atoms with Crippen molar-refractivity contribution in [2.24, 2.45) is 17.8 Å². The number of rotatable bonds is 5. The number of nitrogens with zero attached hydrogens (tertiary/aromatic N) is 1. The quantitative estimate of drug-likeness (QED) is 0.745. The smallest absolute Gasteiger partial charge is 0.166 e. The molecule has 1 fully saturated rings. The molecule has 0 saturated heterocycles. The minimum atomic E-state index is -0.499. The topological polar surface area (TPSA) is 40.9 Å². The fourth-order valence-corrected chi connectivity index (χ4v) is 2.76. The predicted molar refractivity (Wildman–Crippen MR) is 80.5 cm³/mol. The zero-order valence-electron chi connectivity index (χ0n) is 12.8. The molecule has 0 radical (unpaired) electrons. The lowest BCUT2D eigenvalue weighted by molar-refractivity contribution is 0.0959. The Labute approximate surface area is 121 Å². The van der Waals surface area contributed by atoms with Crippen LogP contribution < -0.4 is 0 Å². The van der Waals surface area contributed by atoms with E-state index in [2.05, 4.69) is 19.9 Å². The van der Waals surface area contributed by atoms with Crippen LogP contribution in [0, 0.1) is 29.1 Å². The Hall–Kier alpha value is -1.62. The largest absolute Gasteiger partial charge is 0.294 e. The molecule has 1 saturated carbocycles. The van der Waals surface area contributed by atoms with Gasteiger partial charge in [-0.15, -0.1) is 0 Å². The van der Waals surface area contributed by atoms with E-state index in [0.29, 0.717) is 11.8 Å². The maximum Gasteiger partial charge on any atom is 0.166 e. The summed E-state index contributed by atoms with van der Waals surface area (Å²) < 4.78 is 0. The van der Waals surface area contributed by atoms with Gasteiger partial charge in [0, 0.05) is 11.5 Å². The minimum absolute atomic E-state index is 0.229. The summed E-state index contributed by atoms with van der Waals surface area (Å²) in [4.78, 5) is 12.4. The highest BCUT2D eigenvalue weighted by molar-refractivity contribution is 5.99. The number of hydrogen-bond acceptors (Lipinski definition) is 2. The Balaban J connectivity index is 2.05. The van der Waals surface area contributed by atoms with E-state index in [9.17, 15) is 4.79 Å². The maximum absolute atomic E-state index is 12.4. The van der Waals surface area contributed by atoms with Gasteiger partial charge < -0.3 is 0 Å². The first-order chi connectivity index (χ1) is 9.35. The molecule has 1 aliphatic carbocycles. The number of carbonyl (C=O) groups is 1. The highest BCUT2D eigenvalue weighted by atomic mass is 16.1. The van der Waals surface area contributed by atoms with E-state index in [-0.39, 0.29) is 11.7 Å². The van der Waals surface area contributed by atoms with Crippen LogP contribution in [0.5, 0.6) is 0 Å². The van der Waals surface area contributed by atoms with Crippen molar-refractivity contribution in [1.82, 2.24) is 0 Å². The molecule has 0 N–H and O–H groups in total. The Morgan fingerprint density at radius 3 is 2.45 bits per heavy atom. The molecule has 2 unspecified atom stereocenters. The van der Waals surface area contributed by atoms with Crippen LogP contribution in [0.1, 0.15) is 56.5 Å². The Bertz CT molecular complexity index is 534. The van der Waals surface area contributed by atoms with Gasteiger partial charge in [0.05, 0.1) is 11.5 Å². The molecule has 2 nitrogen and oxygen atoms in total. The van der Waals surface area contributed by atoms with Gasteiger partial charge in [-0.25, -0.2) is 0 Å². The lowest BCUT2D eigenvalue weighted by Gasteiger charge is -2.15. The average molecular weight is 269 g/mol. The van der Waals surface area contributed by atoms with Gasteiger partial charge in [-0.1, -0.05) is 38.1 Å². The van der Waals surface area contributed by atoms with E-state index >= 15 is 0 Å². The van der Waals surface area contributed by atoms with Crippen LogP contribution in [0.15, 0.2) is 24.3 Å². The summed E-state index contributed by atoms with van der Waals surface area (Å²) in [7, 11) is 0. The molecule has 0 aromatic heterocycles. The second kappa shape index (κ2) is 5.40. The van der Waals surface area contributed by atoms with Crippen molar-refractivity contribution in [2.75, 3.05) is 0 Å². The summed E-state index contributed by atoms with van der Waals surface area (Å²) in [5, 5.41) is 9.13. The van der Waals surface area contributed by atoms with Gasteiger partial charge in [0.2, 0.25) is 0 Å². The van der Waals surface area contributed by atoms with Crippen LogP contribution in [0.4, 0.5) is 0 Å². The van der Waals surface area contributed by atoms with E-state index in [1.807, 2.05) is 38.1 Å². The van der Waals surface area contributed by atoms with Crippen molar-refractivity contribution in [2.45, 2.75) is 46.0 Å². The van der Waals surface area contributed by atoms with Crippen molar-refractivity contribution in [3.63, 3.8) is 0 Å². The van der Waals surface area contributed by atoms with Crippen LogP contribution in [-0.2, 0) is 5.41 Å². The number of Topliss-reactive ketones (excluding diaryl/α,β-unsaturated/α-hetero) is 1. The third kappa shape index (κ3) is 3.10. The number of carbonyl (C=O) groups excluding carboxylic acids is 1. The van der Waals surface area contributed by atoms with Gasteiger partial charge in [0.25, 0.3) is 0 Å². The molecule has 106 valence electrons. The Morgan fingerprint density at radius 2 is 1.95 bits per heavy atom. The Morgan fingerprint density at radius 1 is 1.35 bits per heavy atom. The highest BCUT2D eigenvalue weighted by Crippen LogP contribution is 2.45. The van der Waals surface area contributed by atoms with Crippen molar-refractivity contribution < 1.29 is 4.79 Å². The molecule has 0 aliphatic heterocycles. The van der Waals surface area contributed by atoms with E-state index < -0.39 is 5.41 Å². The molecule has 2 atom stereocenters. The minimum Gasteiger partial charge on any atom is -0.294 e. The fourth-order valence-electron chi connectivity index (χ4n) is 2.76. The maximum atomic E-state index is 12.4. The van der Waals surface area contributed by atoms with Crippen LogP contribution in [0.2, 0.25) is 0 Å². The Kier molecular flexibility index (Phi) is 3.99. The fraction of sp³-hybridized carbons (Fsp3) is 0.556. The van der Waals surface area contributed by atoms with Gasteiger partial charge in [-0.05, 0) is 44.1 Å². The summed E-state index contributed by atoms with van der Waals surface area (Å²) in [6, 6.07) is 9.86. The van der Waals surface area contributed by atoms with Crippen LogP contribution in [0.3, 0.4) is 0 Å². The van der Waals surface area contributed by atoms with E-state index in [1.54, 1.807) is 0 Å². The molecule has 2 rings (SSSR count). The monoisotopic (exact) mass is 269 g/mol. The number of hydrogen-bond donors (Lipinski definition) is 0. The summed E-state index contributed by atoms with van der Waals surface area (Å²) in [6.45, 7) is 8.20. The van der Waals surface area contributed by atoms with Crippen LogP contribution in [-0.4, -0.2) is 5.78 Å². The number of benzene rings is 1. The molecule has 1 aromatic rings. The molecule has 0 spiro atoms. The third-order valence-corrected chi connectivity index (χ3v) is 4.20. The zero-order chi connectivity index (χ0) is 14.9. The normalized spacial score (nSPS) is 21.6. The van der Waals surface area contributed by atoms with Gasteiger partial charge >= 0.3 is 0 Å². The molecule has 0 bridgehead atoms. The van der Waals surface area contributed by atoms with Gasteiger partial charge in [0.1, 0.15) is 0 Å². The molecular weight excluding hydrogens is 246 g/mol. The highest BCUT2D eigenvalue weighted by Gasteiger charge is 2.42. The second-order valence-corrected chi connectivity index (χ2v) is 6.91. The number of ketones is 1. The van der Waals surface area contributed by atoms with Crippen molar-refractivity contribution in [3.05, 3.63) is 35.4 Å². The summed E-state index contributed by atoms with van der Waals surface area (Å²) >= 11 is 0. The molecule has 20 heavy (non-hydrogen) atoms. The van der Waals surface area contributed by atoms with Crippen molar-refractivity contribution >= 4 is 5.78 Å². The predicted octanol–water partition coefficient (Wildman–Crippen LogP) is 4.35. The summed E-state index contributed by atoms with van der Waals surface area (Å²) in [5.41, 5.74) is 1.26. The summed E-state index contributed by atoms with van der Waals surface area (Å²) in [6.07, 6.45) is 2.19. The van der Waals surface area contributed by atoms with Gasteiger partial charge in [-0.2, -0.15) is 5.26 Å². The van der Waals surface area contributed by atoms with E-state index in [4.69, 9.17) is 5.26 Å². The zero-order valence-corrected chi connectivity index (χ0v) is 12.8. The first-order valence-corrected chi connectivity index (χ1v) is 7.41. The molecule has 2 heteroatoms. The molecular formula is C18H23NO. The van der Waals surface area contributed by atoms with Crippen molar-refractivity contribution in [1.29, 1.82) is 5.26 Å². The van der Waals surface area contributed by atoms with Crippen LogP contribution >= 0.6 is 0 Å². The lowest BCUT2D eigenvalue weighted by Crippen LogP contribution is -2.14. The first-order valence-electron chi connectivity index (χ1n) is 7.41. The second-order valence-electron chi connectivity index (χ2n) is 6.91. The van der Waals surface area contributed by atoms with Crippen molar-refractivity contribution in [3.8, 4) is 6.07 Å². The first kappa shape index (κ1) is 14.8. The average Bonchev–Trinajstić information content (AvgIpc) is 3.16. The lowest BCUT2D eigenvalue weighted by atomic mass is 9.85. The SMILES string of the molecule is CC(C)CC1CC1C(=O)c1ccc(C(C)(C)C#N)cc1.